The van der Waals surface area contributed by atoms with E-state index in [9.17, 15) is 4.79 Å². The van der Waals surface area contributed by atoms with Gasteiger partial charge in [-0.15, -0.1) is 0 Å². The lowest BCUT2D eigenvalue weighted by atomic mass is 10.1. The fourth-order valence-electron chi connectivity index (χ4n) is 2.73. The minimum atomic E-state index is 0.126. The van der Waals surface area contributed by atoms with E-state index in [0.29, 0.717) is 31.1 Å². The number of rotatable bonds is 5. The fraction of sp³-hybridized carbons (Fsp3) is 0.562. The topological polar surface area (TPSA) is 85.0 Å². The molecule has 0 spiro atoms. The number of hydrogen-bond acceptors (Lipinski definition) is 6. The van der Waals surface area contributed by atoms with Crippen LogP contribution in [0.3, 0.4) is 0 Å². The smallest absolute Gasteiger partial charge is 0.227 e. The number of carbonyl (C=O) groups is 1. The van der Waals surface area contributed by atoms with E-state index < -0.39 is 0 Å². The molecule has 0 saturated carbocycles. The summed E-state index contributed by atoms with van der Waals surface area (Å²) >= 11 is 0. The first-order valence-electron chi connectivity index (χ1n) is 7.99. The molecule has 1 amide bonds. The van der Waals surface area contributed by atoms with Crippen LogP contribution in [0.25, 0.3) is 0 Å². The van der Waals surface area contributed by atoms with Crippen LogP contribution in [-0.4, -0.2) is 44.0 Å². The van der Waals surface area contributed by atoms with Crippen molar-refractivity contribution in [3.05, 3.63) is 36.0 Å². The van der Waals surface area contributed by atoms with E-state index in [4.69, 9.17) is 4.52 Å². The van der Waals surface area contributed by atoms with Crippen LogP contribution in [0.15, 0.2) is 23.1 Å². The van der Waals surface area contributed by atoms with Gasteiger partial charge in [-0.05, 0) is 6.42 Å². The minimum absolute atomic E-state index is 0.126. The molecule has 0 aromatic carbocycles. The van der Waals surface area contributed by atoms with Crippen LogP contribution >= 0.6 is 0 Å². The number of nitrogens with zero attached hydrogens (tertiary/aromatic N) is 5. The van der Waals surface area contributed by atoms with Gasteiger partial charge in [0.1, 0.15) is 0 Å². The summed E-state index contributed by atoms with van der Waals surface area (Å²) in [5.41, 5.74) is 0.960. The van der Waals surface area contributed by atoms with Gasteiger partial charge in [-0.25, -0.2) is 0 Å². The molecule has 23 heavy (non-hydrogen) atoms. The first-order chi connectivity index (χ1) is 11.1. The highest BCUT2D eigenvalue weighted by Gasteiger charge is 2.28. The minimum Gasteiger partial charge on any atom is -0.342 e. The zero-order valence-electron chi connectivity index (χ0n) is 13.5. The van der Waals surface area contributed by atoms with Crippen molar-refractivity contribution in [2.75, 3.05) is 13.1 Å². The molecule has 1 fully saturated rings. The Morgan fingerprint density at radius 2 is 2.30 bits per heavy atom. The van der Waals surface area contributed by atoms with E-state index in [-0.39, 0.29) is 17.7 Å². The van der Waals surface area contributed by atoms with E-state index in [2.05, 4.69) is 20.1 Å². The summed E-state index contributed by atoms with van der Waals surface area (Å²) in [7, 11) is 0. The van der Waals surface area contributed by atoms with Crippen LogP contribution in [0.2, 0.25) is 0 Å². The summed E-state index contributed by atoms with van der Waals surface area (Å²) in [6.07, 6.45) is 6.96. The van der Waals surface area contributed by atoms with Crippen LogP contribution in [0.1, 0.15) is 55.9 Å². The molecule has 0 aliphatic carbocycles. The average Bonchev–Trinajstić information content (AvgIpc) is 3.23. The van der Waals surface area contributed by atoms with E-state index in [1.165, 1.54) is 0 Å². The van der Waals surface area contributed by atoms with Gasteiger partial charge in [0.15, 0.2) is 5.82 Å². The van der Waals surface area contributed by atoms with Gasteiger partial charge in [-0.2, -0.15) is 4.98 Å². The lowest BCUT2D eigenvalue weighted by molar-refractivity contribution is -0.130. The van der Waals surface area contributed by atoms with Gasteiger partial charge in [0.05, 0.1) is 5.69 Å². The summed E-state index contributed by atoms with van der Waals surface area (Å²) in [6.45, 7) is 5.49. The van der Waals surface area contributed by atoms with Crippen molar-refractivity contribution in [2.45, 2.75) is 44.9 Å². The van der Waals surface area contributed by atoms with Crippen molar-refractivity contribution in [2.24, 2.45) is 0 Å². The van der Waals surface area contributed by atoms with Crippen molar-refractivity contribution in [3.63, 3.8) is 0 Å². The van der Waals surface area contributed by atoms with Gasteiger partial charge in [0, 0.05) is 56.4 Å². The molecule has 0 bridgehead atoms. The van der Waals surface area contributed by atoms with Crippen LogP contribution < -0.4 is 0 Å². The Balaban J connectivity index is 1.51. The molecular weight excluding hydrogens is 294 g/mol. The highest BCUT2D eigenvalue weighted by molar-refractivity contribution is 5.76. The summed E-state index contributed by atoms with van der Waals surface area (Å²) in [5, 5.41) is 3.92. The second-order valence-corrected chi connectivity index (χ2v) is 6.16. The van der Waals surface area contributed by atoms with Crippen molar-refractivity contribution >= 4 is 5.91 Å². The molecule has 1 aliphatic heterocycles. The SMILES string of the molecule is CC(C)c1noc(CCC(=O)N2CCC(c3cnccn3)C2)n1. The molecule has 0 radical (unpaired) electrons. The van der Waals surface area contributed by atoms with E-state index >= 15 is 0 Å². The summed E-state index contributed by atoms with van der Waals surface area (Å²) in [5.74, 6) is 1.86. The molecule has 1 saturated heterocycles. The van der Waals surface area contributed by atoms with E-state index in [0.717, 1.165) is 18.7 Å². The predicted molar refractivity (Wildman–Crippen MR) is 82.7 cm³/mol. The standard InChI is InChI=1S/C16H21N5O2/c1-11(2)16-19-14(23-20-16)3-4-15(22)21-8-5-12(10-21)13-9-17-6-7-18-13/h6-7,9,11-12H,3-5,8,10H2,1-2H3. The maximum atomic E-state index is 12.3. The zero-order valence-corrected chi connectivity index (χ0v) is 13.5. The van der Waals surface area contributed by atoms with Crippen LogP contribution in [0, 0.1) is 0 Å². The largest absolute Gasteiger partial charge is 0.342 e. The zero-order chi connectivity index (χ0) is 16.2. The molecule has 2 aromatic rings. The molecule has 3 rings (SSSR count). The third-order valence-corrected chi connectivity index (χ3v) is 4.10. The van der Waals surface area contributed by atoms with Crippen molar-refractivity contribution in [1.82, 2.24) is 25.0 Å². The number of carbonyl (C=O) groups excluding carboxylic acids is 1. The summed E-state index contributed by atoms with van der Waals surface area (Å²) in [4.78, 5) is 27.0. The number of aryl methyl sites for hydroxylation is 1. The Hall–Kier alpha value is -2.31. The average molecular weight is 315 g/mol. The summed E-state index contributed by atoms with van der Waals surface area (Å²) < 4.78 is 5.18. The molecule has 122 valence electrons. The Morgan fingerprint density at radius 3 is 3.00 bits per heavy atom. The quantitative estimate of drug-likeness (QED) is 0.838. The molecule has 3 heterocycles. The Morgan fingerprint density at radius 1 is 1.43 bits per heavy atom. The second kappa shape index (κ2) is 6.85. The first-order valence-corrected chi connectivity index (χ1v) is 7.99. The monoisotopic (exact) mass is 315 g/mol. The van der Waals surface area contributed by atoms with Gasteiger partial charge in [0.2, 0.25) is 11.8 Å². The number of aromatic nitrogens is 4. The van der Waals surface area contributed by atoms with Crippen LogP contribution in [-0.2, 0) is 11.2 Å². The van der Waals surface area contributed by atoms with Gasteiger partial charge in [0.25, 0.3) is 0 Å². The van der Waals surface area contributed by atoms with E-state index in [1.54, 1.807) is 18.6 Å². The maximum absolute atomic E-state index is 12.3. The molecule has 1 atom stereocenters. The number of likely N-dealkylation sites (tertiary alicyclic amines) is 1. The third-order valence-electron chi connectivity index (χ3n) is 4.10. The highest BCUT2D eigenvalue weighted by atomic mass is 16.5. The normalized spacial score (nSPS) is 17.9. The maximum Gasteiger partial charge on any atom is 0.227 e. The lowest BCUT2D eigenvalue weighted by Crippen LogP contribution is -2.28. The van der Waals surface area contributed by atoms with Gasteiger partial charge in [-0.3, -0.25) is 14.8 Å². The molecular formula is C16H21N5O2. The Kier molecular flexibility index (Phi) is 4.64. The summed E-state index contributed by atoms with van der Waals surface area (Å²) in [6, 6.07) is 0. The second-order valence-electron chi connectivity index (χ2n) is 6.16. The Labute approximate surface area is 135 Å². The molecule has 0 N–H and O–H groups in total. The molecule has 1 aliphatic rings. The molecule has 7 heteroatoms. The number of hydrogen-bond donors (Lipinski definition) is 0. The first kappa shape index (κ1) is 15.6. The third kappa shape index (κ3) is 3.72. The lowest BCUT2D eigenvalue weighted by Gasteiger charge is -2.15. The molecule has 2 aromatic heterocycles. The van der Waals surface area contributed by atoms with Gasteiger partial charge >= 0.3 is 0 Å². The van der Waals surface area contributed by atoms with Crippen molar-refractivity contribution in [1.29, 1.82) is 0 Å². The Bertz CT molecular complexity index is 656. The number of amides is 1. The predicted octanol–water partition coefficient (Wildman–Crippen LogP) is 1.93. The van der Waals surface area contributed by atoms with Crippen LogP contribution in [0.5, 0.6) is 0 Å². The van der Waals surface area contributed by atoms with Gasteiger partial charge < -0.3 is 9.42 Å². The van der Waals surface area contributed by atoms with E-state index in [1.807, 2.05) is 18.7 Å². The van der Waals surface area contributed by atoms with Crippen LogP contribution in [0.4, 0.5) is 0 Å². The van der Waals surface area contributed by atoms with Crippen molar-refractivity contribution < 1.29 is 9.32 Å². The molecule has 7 nitrogen and oxygen atoms in total. The highest BCUT2D eigenvalue weighted by Crippen LogP contribution is 2.25. The fourth-order valence-corrected chi connectivity index (χ4v) is 2.73. The van der Waals surface area contributed by atoms with Gasteiger partial charge in [-0.1, -0.05) is 19.0 Å². The van der Waals surface area contributed by atoms with Crippen molar-refractivity contribution in [3.8, 4) is 0 Å². The molecule has 1 unspecified atom stereocenters.